The molecule has 0 atom stereocenters. The molecule has 0 radical (unpaired) electrons. The van der Waals surface area contributed by atoms with E-state index in [2.05, 4.69) is 20.6 Å². The summed E-state index contributed by atoms with van der Waals surface area (Å²) in [5.41, 5.74) is 2.63. The zero-order chi connectivity index (χ0) is 14.4. The molecule has 3 N–H and O–H groups in total. The number of nitrogens with one attached hydrogen (secondary N) is 3. The molecule has 1 aromatic carbocycles. The van der Waals surface area contributed by atoms with E-state index in [4.69, 9.17) is 0 Å². The Kier molecular flexibility index (Phi) is 4.76. The molecule has 0 saturated heterocycles. The third-order valence-electron chi connectivity index (χ3n) is 2.99. The molecule has 1 heterocycles. The van der Waals surface area contributed by atoms with Crippen molar-refractivity contribution in [3.05, 3.63) is 47.5 Å². The van der Waals surface area contributed by atoms with Crippen molar-refractivity contribution >= 4 is 11.6 Å². The van der Waals surface area contributed by atoms with Gasteiger partial charge in [0.2, 0.25) is 0 Å². The maximum Gasteiger partial charge on any atom is 0.253 e. The highest BCUT2D eigenvalue weighted by molar-refractivity contribution is 5.99. The van der Waals surface area contributed by atoms with Gasteiger partial charge in [-0.2, -0.15) is 0 Å². The van der Waals surface area contributed by atoms with E-state index >= 15 is 0 Å². The molecule has 5 nitrogen and oxygen atoms in total. The second-order valence-corrected chi connectivity index (χ2v) is 4.62. The molecular weight excluding hydrogens is 252 g/mol. The van der Waals surface area contributed by atoms with Crippen LogP contribution in [0.25, 0.3) is 0 Å². The van der Waals surface area contributed by atoms with Gasteiger partial charge in [-0.1, -0.05) is 11.6 Å². The van der Waals surface area contributed by atoms with Crippen LogP contribution in [0.5, 0.6) is 0 Å². The predicted molar refractivity (Wildman–Crippen MR) is 80.0 cm³/mol. The summed E-state index contributed by atoms with van der Waals surface area (Å²) in [7, 11) is 0. The fourth-order valence-electron chi connectivity index (χ4n) is 2.01. The van der Waals surface area contributed by atoms with Crippen molar-refractivity contribution in [1.29, 1.82) is 0 Å². The monoisotopic (exact) mass is 272 g/mol. The molecule has 0 saturated carbocycles. The highest BCUT2D eigenvalue weighted by Crippen LogP contribution is 2.17. The van der Waals surface area contributed by atoms with E-state index in [1.807, 2.05) is 32.0 Å². The molecule has 0 unspecified atom stereocenters. The maximum atomic E-state index is 12.2. The van der Waals surface area contributed by atoms with Crippen molar-refractivity contribution in [1.82, 2.24) is 15.3 Å². The highest BCUT2D eigenvalue weighted by Gasteiger charge is 2.11. The number of imidazole rings is 1. The third-order valence-corrected chi connectivity index (χ3v) is 2.99. The number of aromatic amines is 1. The van der Waals surface area contributed by atoms with Gasteiger partial charge in [-0.05, 0) is 26.0 Å². The minimum Gasteiger partial charge on any atom is -0.385 e. The largest absolute Gasteiger partial charge is 0.385 e. The van der Waals surface area contributed by atoms with Gasteiger partial charge < -0.3 is 15.6 Å². The number of nitrogens with zero attached hydrogens (tertiary/aromatic N) is 1. The molecule has 2 rings (SSSR count). The number of carbonyl (C=O) groups excluding carboxylic acids is 1. The average Bonchev–Trinajstić information content (AvgIpc) is 2.94. The summed E-state index contributed by atoms with van der Waals surface area (Å²) in [5.74, 6) is 0.817. The summed E-state index contributed by atoms with van der Waals surface area (Å²) in [4.78, 5) is 19.4. The van der Waals surface area contributed by atoms with Crippen LogP contribution in [0, 0.1) is 6.92 Å². The lowest BCUT2D eigenvalue weighted by molar-refractivity contribution is 0.0954. The lowest BCUT2D eigenvalue weighted by Gasteiger charge is -2.11. The molecule has 0 aliphatic rings. The van der Waals surface area contributed by atoms with Crippen LogP contribution in [0.1, 0.15) is 28.7 Å². The molecular formula is C15H20N4O. The van der Waals surface area contributed by atoms with Gasteiger partial charge in [0.1, 0.15) is 5.82 Å². The van der Waals surface area contributed by atoms with E-state index in [9.17, 15) is 4.79 Å². The van der Waals surface area contributed by atoms with Gasteiger partial charge in [0.25, 0.3) is 5.91 Å². The van der Waals surface area contributed by atoms with Gasteiger partial charge in [0, 0.05) is 37.6 Å². The minimum atomic E-state index is -0.0591. The minimum absolute atomic E-state index is 0.0591. The normalized spacial score (nSPS) is 10.3. The molecule has 0 aliphatic heterocycles. The van der Waals surface area contributed by atoms with Crippen molar-refractivity contribution in [2.24, 2.45) is 0 Å². The number of aryl methyl sites for hydroxylation is 1. The standard InChI is InChI=1S/C15H20N4O/c1-3-16-13-5-4-11(2)10-12(13)15(20)19-7-6-14-17-8-9-18-14/h4-5,8-10,16H,3,6-7H2,1-2H3,(H,17,18)(H,19,20). The number of anilines is 1. The van der Waals surface area contributed by atoms with Crippen LogP contribution in [-0.4, -0.2) is 29.0 Å². The SMILES string of the molecule is CCNc1ccc(C)cc1C(=O)NCCc1ncc[nH]1. The van der Waals surface area contributed by atoms with E-state index in [1.54, 1.807) is 12.4 Å². The summed E-state index contributed by atoms with van der Waals surface area (Å²) < 4.78 is 0. The summed E-state index contributed by atoms with van der Waals surface area (Å²) in [6, 6.07) is 5.85. The maximum absolute atomic E-state index is 12.2. The lowest BCUT2D eigenvalue weighted by atomic mass is 10.1. The van der Waals surface area contributed by atoms with Gasteiger partial charge in [-0.25, -0.2) is 4.98 Å². The summed E-state index contributed by atoms with van der Waals surface area (Å²) in [6.07, 6.45) is 4.18. The van der Waals surface area contributed by atoms with E-state index in [-0.39, 0.29) is 5.91 Å². The molecule has 5 heteroatoms. The molecule has 2 aromatic rings. The smallest absolute Gasteiger partial charge is 0.253 e. The number of H-pyrrole nitrogens is 1. The van der Waals surface area contributed by atoms with Gasteiger partial charge in [0.05, 0.1) is 5.56 Å². The molecule has 1 aromatic heterocycles. The summed E-state index contributed by atoms with van der Waals surface area (Å²) in [6.45, 7) is 5.34. The Morgan fingerprint density at radius 1 is 1.40 bits per heavy atom. The Balaban J connectivity index is 1.99. The van der Waals surface area contributed by atoms with Gasteiger partial charge in [-0.3, -0.25) is 4.79 Å². The van der Waals surface area contributed by atoms with Crippen molar-refractivity contribution in [3.8, 4) is 0 Å². The first-order chi connectivity index (χ1) is 9.70. The molecule has 20 heavy (non-hydrogen) atoms. The summed E-state index contributed by atoms with van der Waals surface area (Å²) in [5, 5.41) is 6.13. The van der Waals surface area contributed by atoms with Crippen LogP contribution in [0.2, 0.25) is 0 Å². The Morgan fingerprint density at radius 3 is 2.95 bits per heavy atom. The van der Waals surface area contributed by atoms with Crippen LogP contribution in [0.15, 0.2) is 30.6 Å². The van der Waals surface area contributed by atoms with Crippen molar-refractivity contribution in [3.63, 3.8) is 0 Å². The first-order valence-corrected chi connectivity index (χ1v) is 6.81. The van der Waals surface area contributed by atoms with Gasteiger partial charge in [-0.15, -0.1) is 0 Å². The van der Waals surface area contributed by atoms with Crippen molar-refractivity contribution in [2.45, 2.75) is 20.3 Å². The zero-order valence-electron chi connectivity index (χ0n) is 11.9. The second-order valence-electron chi connectivity index (χ2n) is 4.62. The van der Waals surface area contributed by atoms with Crippen LogP contribution < -0.4 is 10.6 Å². The fourth-order valence-corrected chi connectivity index (χ4v) is 2.01. The molecule has 0 aliphatic carbocycles. The van der Waals surface area contributed by atoms with Crippen LogP contribution in [0.3, 0.4) is 0 Å². The molecule has 0 bridgehead atoms. The van der Waals surface area contributed by atoms with E-state index < -0.39 is 0 Å². The molecule has 0 fully saturated rings. The number of aromatic nitrogens is 2. The number of hydrogen-bond donors (Lipinski definition) is 3. The zero-order valence-corrected chi connectivity index (χ0v) is 11.9. The number of amides is 1. The van der Waals surface area contributed by atoms with Crippen molar-refractivity contribution < 1.29 is 4.79 Å². The Bertz CT molecular complexity index is 563. The first kappa shape index (κ1) is 14.1. The Morgan fingerprint density at radius 2 is 2.25 bits per heavy atom. The van der Waals surface area contributed by atoms with E-state index in [0.29, 0.717) is 18.5 Å². The number of carbonyl (C=O) groups is 1. The van der Waals surface area contributed by atoms with E-state index in [0.717, 1.165) is 23.6 Å². The summed E-state index contributed by atoms with van der Waals surface area (Å²) >= 11 is 0. The van der Waals surface area contributed by atoms with Crippen LogP contribution in [-0.2, 0) is 6.42 Å². The number of benzene rings is 1. The van der Waals surface area contributed by atoms with E-state index in [1.165, 1.54) is 0 Å². The molecule has 1 amide bonds. The fraction of sp³-hybridized carbons (Fsp3) is 0.333. The molecule has 106 valence electrons. The number of hydrogen-bond acceptors (Lipinski definition) is 3. The van der Waals surface area contributed by atoms with Gasteiger partial charge in [0.15, 0.2) is 0 Å². The van der Waals surface area contributed by atoms with Gasteiger partial charge >= 0.3 is 0 Å². The Labute approximate surface area is 118 Å². The highest BCUT2D eigenvalue weighted by atomic mass is 16.1. The molecule has 0 spiro atoms. The third kappa shape index (κ3) is 3.60. The first-order valence-electron chi connectivity index (χ1n) is 6.81. The lowest BCUT2D eigenvalue weighted by Crippen LogP contribution is -2.27. The van der Waals surface area contributed by atoms with Crippen LogP contribution in [0.4, 0.5) is 5.69 Å². The predicted octanol–water partition coefficient (Wildman–Crippen LogP) is 2.12. The average molecular weight is 272 g/mol. The topological polar surface area (TPSA) is 69.8 Å². The Hall–Kier alpha value is -2.30. The number of rotatable bonds is 6. The quantitative estimate of drug-likeness (QED) is 0.754. The van der Waals surface area contributed by atoms with Crippen LogP contribution >= 0.6 is 0 Å². The van der Waals surface area contributed by atoms with Crippen molar-refractivity contribution in [2.75, 3.05) is 18.4 Å². The second kappa shape index (κ2) is 6.75.